The van der Waals surface area contributed by atoms with Crippen LogP contribution in [0.25, 0.3) is 0 Å². The van der Waals surface area contributed by atoms with Gasteiger partial charge in [-0.25, -0.2) is 4.98 Å². The van der Waals surface area contributed by atoms with E-state index in [1.54, 1.807) is 18.4 Å². The summed E-state index contributed by atoms with van der Waals surface area (Å²) in [7, 11) is 1.69. The van der Waals surface area contributed by atoms with Crippen molar-refractivity contribution < 1.29 is 4.74 Å². The van der Waals surface area contributed by atoms with Gasteiger partial charge in [-0.3, -0.25) is 4.99 Å². The molecule has 0 amide bonds. The molecule has 0 aromatic carbocycles. The molecule has 0 radical (unpaired) electrons. The first kappa shape index (κ1) is 19.6. The number of rotatable bonds is 7. The predicted octanol–water partition coefficient (Wildman–Crippen LogP) is 2.12. The molecule has 1 rings (SSSR count). The fourth-order valence-electron chi connectivity index (χ4n) is 1.69. The minimum atomic E-state index is 0. The molecule has 0 fully saturated rings. The number of thiazole rings is 1. The first-order chi connectivity index (χ1) is 9.17. The molecule has 20 heavy (non-hydrogen) atoms. The quantitative estimate of drug-likeness (QED) is 0.312. The molecule has 0 aliphatic heterocycles. The van der Waals surface area contributed by atoms with E-state index in [0.717, 1.165) is 36.2 Å². The Morgan fingerprint density at radius 1 is 1.35 bits per heavy atom. The highest BCUT2D eigenvalue weighted by molar-refractivity contribution is 14.0. The second kappa shape index (κ2) is 11.3. The number of aryl methyl sites for hydroxylation is 2. The van der Waals surface area contributed by atoms with E-state index in [9.17, 15) is 0 Å². The molecule has 0 atom stereocenters. The Morgan fingerprint density at radius 3 is 2.65 bits per heavy atom. The van der Waals surface area contributed by atoms with Crippen molar-refractivity contribution in [1.82, 2.24) is 15.6 Å². The molecule has 0 aliphatic rings. The van der Waals surface area contributed by atoms with E-state index in [0.29, 0.717) is 13.2 Å². The maximum Gasteiger partial charge on any atom is 0.191 e. The van der Waals surface area contributed by atoms with Gasteiger partial charge in [0.15, 0.2) is 5.96 Å². The molecular formula is C13H25IN4OS. The second-order valence-electron chi connectivity index (χ2n) is 4.17. The molecule has 1 aromatic rings. The Labute approximate surface area is 142 Å². The van der Waals surface area contributed by atoms with Crippen LogP contribution in [-0.2, 0) is 11.2 Å². The molecule has 5 nitrogen and oxygen atoms in total. The fourth-order valence-corrected chi connectivity index (χ4v) is 2.63. The summed E-state index contributed by atoms with van der Waals surface area (Å²) in [4.78, 5) is 10.2. The van der Waals surface area contributed by atoms with Crippen LogP contribution in [0.4, 0.5) is 0 Å². The van der Waals surface area contributed by atoms with Crippen LogP contribution in [-0.4, -0.2) is 44.3 Å². The fraction of sp³-hybridized carbons (Fsp3) is 0.692. The normalized spacial score (nSPS) is 11.1. The van der Waals surface area contributed by atoms with Crippen LogP contribution in [0.15, 0.2) is 4.99 Å². The molecule has 7 heteroatoms. The predicted molar refractivity (Wildman–Crippen MR) is 96.6 cm³/mol. The van der Waals surface area contributed by atoms with Crippen LogP contribution < -0.4 is 10.6 Å². The number of hydrogen-bond acceptors (Lipinski definition) is 4. The molecule has 0 saturated heterocycles. The first-order valence-electron chi connectivity index (χ1n) is 6.61. The van der Waals surface area contributed by atoms with Crippen molar-refractivity contribution >= 4 is 41.3 Å². The number of hydrogen-bond donors (Lipinski definition) is 2. The summed E-state index contributed by atoms with van der Waals surface area (Å²) in [6, 6.07) is 0. The number of ether oxygens (including phenoxy) is 1. The summed E-state index contributed by atoms with van der Waals surface area (Å²) < 4.78 is 4.99. The lowest BCUT2D eigenvalue weighted by atomic mass is 10.3. The summed E-state index contributed by atoms with van der Waals surface area (Å²) in [5.41, 5.74) is 1.14. The summed E-state index contributed by atoms with van der Waals surface area (Å²) in [5, 5.41) is 7.68. The average molecular weight is 412 g/mol. The van der Waals surface area contributed by atoms with E-state index in [1.807, 2.05) is 6.92 Å². The number of aromatic nitrogens is 1. The molecule has 1 heterocycles. The van der Waals surface area contributed by atoms with Gasteiger partial charge in [0.2, 0.25) is 0 Å². The third-order valence-electron chi connectivity index (χ3n) is 2.55. The molecule has 0 bridgehead atoms. The number of nitrogens with one attached hydrogen (secondary N) is 2. The van der Waals surface area contributed by atoms with Gasteiger partial charge in [-0.1, -0.05) is 0 Å². The van der Waals surface area contributed by atoms with Crippen molar-refractivity contribution in [3.63, 3.8) is 0 Å². The summed E-state index contributed by atoms with van der Waals surface area (Å²) >= 11 is 1.77. The van der Waals surface area contributed by atoms with E-state index in [-0.39, 0.29) is 24.0 Å². The molecule has 0 spiro atoms. The summed E-state index contributed by atoms with van der Waals surface area (Å²) in [5.74, 6) is 0.846. The lowest BCUT2D eigenvalue weighted by Gasteiger charge is -2.10. The van der Waals surface area contributed by atoms with E-state index in [1.165, 1.54) is 4.88 Å². The van der Waals surface area contributed by atoms with Gasteiger partial charge in [0.05, 0.1) is 23.9 Å². The van der Waals surface area contributed by atoms with Crippen LogP contribution in [0.1, 0.15) is 22.5 Å². The molecule has 116 valence electrons. The van der Waals surface area contributed by atoms with Gasteiger partial charge < -0.3 is 15.4 Å². The number of nitrogens with zero attached hydrogens (tertiary/aromatic N) is 2. The highest BCUT2D eigenvalue weighted by atomic mass is 127. The summed E-state index contributed by atoms with van der Waals surface area (Å²) in [6.45, 7) is 9.21. The Balaban J connectivity index is 0.00000361. The number of methoxy groups -OCH3 is 1. The zero-order valence-electron chi connectivity index (χ0n) is 12.7. The Hall–Kier alpha value is -0.410. The maximum atomic E-state index is 4.99. The Bertz CT molecular complexity index is 409. The Kier molecular flexibility index (Phi) is 11.0. The first-order valence-corrected chi connectivity index (χ1v) is 7.43. The monoisotopic (exact) mass is 412 g/mol. The third kappa shape index (κ3) is 7.39. The van der Waals surface area contributed by atoms with Crippen LogP contribution in [0.2, 0.25) is 0 Å². The third-order valence-corrected chi connectivity index (χ3v) is 3.69. The van der Waals surface area contributed by atoms with Gasteiger partial charge in [-0.15, -0.1) is 35.3 Å². The van der Waals surface area contributed by atoms with Crippen LogP contribution in [0.3, 0.4) is 0 Å². The van der Waals surface area contributed by atoms with E-state index in [2.05, 4.69) is 34.5 Å². The van der Waals surface area contributed by atoms with Crippen molar-refractivity contribution in [3.8, 4) is 0 Å². The van der Waals surface area contributed by atoms with Crippen molar-refractivity contribution in [2.75, 3.05) is 33.4 Å². The van der Waals surface area contributed by atoms with Crippen molar-refractivity contribution in [2.24, 2.45) is 4.99 Å². The zero-order chi connectivity index (χ0) is 14.1. The average Bonchev–Trinajstić information content (AvgIpc) is 2.68. The molecule has 0 unspecified atom stereocenters. The van der Waals surface area contributed by atoms with Gasteiger partial charge in [-0.05, 0) is 20.8 Å². The number of aliphatic imine (C=N–C) groups is 1. The van der Waals surface area contributed by atoms with Gasteiger partial charge in [0.1, 0.15) is 0 Å². The van der Waals surface area contributed by atoms with E-state index >= 15 is 0 Å². The van der Waals surface area contributed by atoms with Crippen molar-refractivity contribution in [2.45, 2.75) is 27.2 Å². The van der Waals surface area contributed by atoms with Crippen LogP contribution in [0, 0.1) is 13.8 Å². The number of guanidine groups is 1. The lowest BCUT2D eigenvalue weighted by molar-refractivity contribution is 0.208. The Morgan fingerprint density at radius 2 is 2.10 bits per heavy atom. The second-order valence-corrected chi connectivity index (χ2v) is 5.46. The maximum absolute atomic E-state index is 4.99. The largest absolute Gasteiger partial charge is 0.383 e. The highest BCUT2D eigenvalue weighted by Gasteiger charge is 2.04. The minimum absolute atomic E-state index is 0. The summed E-state index contributed by atoms with van der Waals surface area (Å²) in [6.07, 6.45) is 0.978. The topological polar surface area (TPSA) is 58.5 Å². The SMILES string of the molecule is CCNC(=NCCOC)NCCc1sc(C)nc1C.I. The van der Waals surface area contributed by atoms with Gasteiger partial charge in [-0.2, -0.15) is 0 Å². The van der Waals surface area contributed by atoms with Gasteiger partial charge >= 0.3 is 0 Å². The highest BCUT2D eigenvalue weighted by Crippen LogP contribution is 2.16. The lowest BCUT2D eigenvalue weighted by Crippen LogP contribution is -2.38. The smallest absolute Gasteiger partial charge is 0.191 e. The van der Waals surface area contributed by atoms with E-state index in [4.69, 9.17) is 4.74 Å². The van der Waals surface area contributed by atoms with Crippen molar-refractivity contribution in [1.29, 1.82) is 0 Å². The number of halogens is 1. The van der Waals surface area contributed by atoms with Crippen LogP contribution >= 0.6 is 35.3 Å². The van der Waals surface area contributed by atoms with Crippen LogP contribution in [0.5, 0.6) is 0 Å². The minimum Gasteiger partial charge on any atom is -0.383 e. The standard InChI is InChI=1S/C13H24N4OS.HI/c1-5-14-13(16-8-9-18-4)15-7-6-12-10(2)17-11(3)19-12;/h5-9H2,1-4H3,(H2,14,15,16);1H. The molecular weight excluding hydrogens is 387 g/mol. The molecule has 2 N–H and O–H groups in total. The molecule has 1 aromatic heterocycles. The van der Waals surface area contributed by atoms with Gasteiger partial charge in [0.25, 0.3) is 0 Å². The van der Waals surface area contributed by atoms with Crippen molar-refractivity contribution in [3.05, 3.63) is 15.6 Å². The molecule has 0 saturated carbocycles. The zero-order valence-corrected chi connectivity index (χ0v) is 15.8. The van der Waals surface area contributed by atoms with E-state index < -0.39 is 0 Å². The van der Waals surface area contributed by atoms with Gasteiger partial charge in [0, 0.05) is 31.5 Å². The molecule has 0 aliphatic carbocycles.